The third-order valence-electron chi connectivity index (χ3n) is 4.45. The molecule has 1 aliphatic rings. The number of nitrogens with one attached hydrogen (secondary N) is 1. The van der Waals surface area contributed by atoms with E-state index in [9.17, 15) is 0 Å². The van der Waals surface area contributed by atoms with E-state index in [1.54, 1.807) is 26.0 Å². The predicted molar refractivity (Wildman–Crippen MR) is 113 cm³/mol. The summed E-state index contributed by atoms with van der Waals surface area (Å²) in [7, 11) is 3.37. The van der Waals surface area contributed by atoms with Crippen molar-refractivity contribution in [1.29, 1.82) is 0 Å². The van der Waals surface area contributed by atoms with Gasteiger partial charge in [-0.25, -0.2) is 0 Å². The van der Waals surface area contributed by atoms with E-state index in [4.69, 9.17) is 9.47 Å². The van der Waals surface area contributed by atoms with Crippen LogP contribution in [0.3, 0.4) is 0 Å². The Labute approximate surface area is 164 Å². The lowest BCUT2D eigenvalue weighted by Gasteiger charge is -2.17. The molecule has 27 heavy (non-hydrogen) atoms. The van der Waals surface area contributed by atoms with Crippen molar-refractivity contribution >= 4 is 22.6 Å². The van der Waals surface area contributed by atoms with Gasteiger partial charge in [0.2, 0.25) is 0 Å². The van der Waals surface area contributed by atoms with Crippen LogP contribution in [0, 0.1) is 13.8 Å². The second-order valence-corrected chi connectivity index (χ2v) is 7.48. The number of aryl methyl sites for hydroxylation is 1. The molecule has 0 spiro atoms. The van der Waals surface area contributed by atoms with E-state index >= 15 is 0 Å². The van der Waals surface area contributed by atoms with Crippen LogP contribution in [0.5, 0.6) is 5.75 Å². The van der Waals surface area contributed by atoms with Crippen molar-refractivity contribution in [2.24, 2.45) is 10.1 Å². The standard InChI is InChI=1S/C20H26N4O2S/c1-13(11-25-4)21-20-23-22-19(12-27-20)18-10-14(2)24(15(18)3)16-6-8-17(26-5)9-7-16/h6-10,13H,11-12H2,1-5H3,(H,21,23)/t13-/m1/s1. The van der Waals surface area contributed by atoms with Gasteiger partial charge in [0.1, 0.15) is 5.75 Å². The van der Waals surface area contributed by atoms with Crippen LogP contribution >= 0.6 is 11.8 Å². The van der Waals surface area contributed by atoms with Crippen LogP contribution in [-0.2, 0) is 4.74 Å². The maximum Gasteiger partial charge on any atom is 0.177 e. The normalized spacial score (nSPS) is 16.8. The largest absolute Gasteiger partial charge is 0.497 e. The van der Waals surface area contributed by atoms with E-state index in [0.29, 0.717) is 6.61 Å². The lowest BCUT2D eigenvalue weighted by molar-refractivity contribution is 0.186. The summed E-state index contributed by atoms with van der Waals surface area (Å²) in [5, 5.41) is 5.41. The molecule has 7 heteroatoms. The Hall–Kier alpha value is -2.25. The van der Waals surface area contributed by atoms with E-state index in [-0.39, 0.29) is 6.04 Å². The van der Waals surface area contributed by atoms with Gasteiger partial charge in [-0.3, -0.25) is 10.4 Å². The Morgan fingerprint density at radius 2 is 2.00 bits per heavy atom. The number of aliphatic imine (C=N–C) groups is 1. The van der Waals surface area contributed by atoms with Gasteiger partial charge in [0.15, 0.2) is 5.17 Å². The minimum absolute atomic E-state index is 0.113. The van der Waals surface area contributed by atoms with Gasteiger partial charge in [0.05, 0.1) is 25.5 Å². The first-order valence-electron chi connectivity index (χ1n) is 8.89. The first-order chi connectivity index (χ1) is 13.0. The summed E-state index contributed by atoms with van der Waals surface area (Å²) in [5.41, 5.74) is 8.74. The SMILES string of the molecule is COC[C@@H](C)N=C1NN=C(c2cc(C)n(-c3ccc(OC)cc3)c2C)CS1. The predicted octanol–water partition coefficient (Wildman–Crippen LogP) is 3.53. The minimum Gasteiger partial charge on any atom is -0.497 e. The number of benzene rings is 1. The molecule has 0 aliphatic carbocycles. The maximum absolute atomic E-state index is 5.26. The monoisotopic (exact) mass is 386 g/mol. The molecule has 0 saturated carbocycles. The van der Waals surface area contributed by atoms with Gasteiger partial charge in [-0.05, 0) is 51.1 Å². The summed E-state index contributed by atoms with van der Waals surface area (Å²) in [6, 6.07) is 10.4. The summed E-state index contributed by atoms with van der Waals surface area (Å²) in [4.78, 5) is 4.58. The molecule has 144 valence electrons. The molecule has 0 fully saturated rings. The van der Waals surface area contributed by atoms with Crippen molar-refractivity contribution in [3.63, 3.8) is 0 Å². The molecule has 6 nitrogen and oxygen atoms in total. The van der Waals surface area contributed by atoms with Crippen molar-refractivity contribution in [2.75, 3.05) is 26.6 Å². The zero-order chi connectivity index (χ0) is 19.4. The molecule has 1 aromatic carbocycles. The van der Waals surface area contributed by atoms with Crippen LogP contribution in [-0.4, -0.2) is 48.1 Å². The number of rotatable bonds is 6. The average molecular weight is 387 g/mol. The van der Waals surface area contributed by atoms with Gasteiger partial charge in [0.25, 0.3) is 0 Å². The highest BCUT2D eigenvalue weighted by Gasteiger charge is 2.19. The van der Waals surface area contributed by atoms with E-state index in [1.165, 1.54) is 11.4 Å². The lowest BCUT2D eigenvalue weighted by Crippen LogP contribution is -2.27. The Bertz CT molecular complexity index is 856. The van der Waals surface area contributed by atoms with Crippen LogP contribution in [0.25, 0.3) is 5.69 Å². The molecule has 1 atom stereocenters. The van der Waals surface area contributed by atoms with Gasteiger partial charge in [-0.2, -0.15) is 5.10 Å². The quantitative estimate of drug-likeness (QED) is 0.825. The first-order valence-corrected chi connectivity index (χ1v) is 9.88. The highest BCUT2D eigenvalue weighted by molar-refractivity contribution is 8.14. The fraction of sp³-hybridized carbons (Fsp3) is 0.400. The van der Waals surface area contributed by atoms with Crippen LogP contribution < -0.4 is 10.2 Å². The molecule has 2 aromatic rings. The highest BCUT2D eigenvalue weighted by atomic mass is 32.2. The smallest absolute Gasteiger partial charge is 0.177 e. The molecule has 1 N–H and O–H groups in total. The van der Waals surface area contributed by atoms with E-state index in [0.717, 1.165) is 33.6 Å². The third kappa shape index (κ3) is 4.36. The van der Waals surface area contributed by atoms with Crippen molar-refractivity contribution < 1.29 is 9.47 Å². The Morgan fingerprint density at radius 3 is 2.59 bits per heavy atom. The lowest BCUT2D eigenvalue weighted by atomic mass is 10.1. The fourth-order valence-corrected chi connectivity index (χ4v) is 4.04. The number of thioether (sulfide) groups is 1. The van der Waals surface area contributed by atoms with Crippen molar-refractivity contribution in [3.05, 3.63) is 47.3 Å². The minimum atomic E-state index is 0.113. The fourth-order valence-electron chi connectivity index (χ4n) is 3.18. The highest BCUT2D eigenvalue weighted by Crippen LogP contribution is 2.25. The van der Waals surface area contributed by atoms with Gasteiger partial charge in [-0.1, -0.05) is 11.8 Å². The summed E-state index contributed by atoms with van der Waals surface area (Å²) in [6.07, 6.45) is 0. The molecule has 0 unspecified atom stereocenters. The van der Waals surface area contributed by atoms with Gasteiger partial charge >= 0.3 is 0 Å². The molecule has 0 amide bonds. The van der Waals surface area contributed by atoms with Crippen LogP contribution in [0.15, 0.2) is 40.4 Å². The summed E-state index contributed by atoms with van der Waals surface area (Å²) < 4.78 is 12.6. The van der Waals surface area contributed by atoms with Gasteiger partial charge < -0.3 is 14.0 Å². The molecule has 0 radical (unpaired) electrons. The van der Waals surface area contributed by atoms with Crippen molar-refractivity contribution in [1.82, 2.24) is 9.99 Å². The van der Waals surface area contributed by atoms with Gasteiger partial charge in [-0.15, -0.1) is 0 Å². The summed E-state index contributed by atoms with van der Waals surface area (Å²) in [6.45, 7) is 6.87. The number of amidine groups is 1. The first kappa shape index (κ1) is 19.5. The topological polar surface area (TPSA) is 60.1 Å². The number of methoxy groups -OCH3 is 2. The molecular formula is C20H26N4O2S. The third-order valence-corrected chi connectivity index (χ3v) is 5.34. The molecule has 2 heterocycles. The van der Waals surface area contributed by atoms with E-state index in [2.05, 4.69) is 52.1 Å². The number of aromatic nitrogens is 1. The number of nitrogens with zero attached hydrogens (tertiary/aromatic N) is 3. The molecule has 0 saturated heterocycles. The Kier molecular flexibility index (Phi) is 6.23. The molecule has 1 aliphatic heterocycles. The number of ether oxygens (including phenoxy) is 2. The molecule has 1 aromatic heterocycles. The van der Waals surface area contributed by atoms with Crippen LogP contribution in [0.2, 0.25) is 0 Å². The number of hydrogen-bond donors (Lipinski definition) is 1. The summed E-state index contributed by atoms with van der Waals surface area (Å²) in [5.74, 6) is 1.64. The maximum atomic E-state index is 5.26. The van der Waals surface area contributed by atoms with E-state index in [1.807, 2.05) is 19.1 Å². The molecular weight excluding hydrogens is 360 g/mol. The second-order valence-electron chi connectivity index (χ2n) is 6.52. The Morgan fingerprint density at radius 1 is 1.26 bits per heavy atom. The van der Waals surface area contributed by atoms with Crippen molar-refractivity contribution in [3.8, 4) is 11.4 Å². The van der Waals surface area contributed by atoms with Gasteiger partial charge in [0, 0.05) is 35.5 Å². The zero-order valence-electron chi connectivity index (χ0n) is 16.4. The average Bonchev–Trinajstić information content (AvgIpc) is 2.97. The number of hydrazone groups is 1. The number of hydrogen-bond acceptors (Lipinski definition) is 5. The zero-order valence-corrected chi connectivity index (χ0v) is 17.3. The summed E-state index contributed by atoms with van der Waals surface area (Å²) >= 11 is 1.67. The Balaban J connectivity index is 1.83. The molecule has 3 rings (SSSR count). The van der Waals surface area contributed by atoms with Crippen LogP contribution in [0.4, 0.5) is 0 Å². The van der Waals surface area contributed by atoms with Crippen LogP contribution in [0.1, 0.15) is 23.9 Å². The molecule has 0 bridgehead atoms. The van der Waals surface area contributed by atoms with Crippen molar-refractivity contribution in [2.45, 2.75) is 26.8 Å². The second kappa shape index (κ2) is 8.63. The van der Waals surface area contributed by atoms with E-state index < -0.39 is 0 Å².